The number of rotatable bonds is 12. The predicted octanol–water partition coefficient (Wildman–Crippen LogP) is 2.83. The van der Waals surface area contributed by atoms with Crippen LogP contribution >= 0.6 is 0 Å². The summed E-state index contributed by atoms with van der Waals surface area (Å²) in [5, 5.41) is 9.83. The van der Waals surface area contributed by atoms with E-state index >= 15 is 0 Å². The third-order valence-electron chi connectivity index (χ3n) is 7.22. The first kappa shape index (κ1) is 28.3. The number of hydrogen-bond donors (Lipinski definition) is 1. The number of nitrogens with zero attached hydrogens (tertiary/aromatic N) is 4. The number of benzene rings is 1. The Hall–Kier alpha value is -3.22. The molecule has 3 aromatic rings. The quantitative estimate of drug-likeness (QED) is 0.340. The molecule has 1 N–H and O–H groups in total. The number of pyridine rings is 1. The van der Waals surface area contributed by atoms with Crippen molar-refractivity contribution in [3.05, 3.63) is 71.4 Å². The van der Waals surface area contributed by atoms with Crippen LogP contribution in [-0.4, -0.2) is 84.8 Å². The Bertz CT molecular complexity index is 1270. The van der Waals surface area contributed by atoms with Crippen LogP contribution in [0.2, 0.25) is 0 Å². The third kappa shape index (κ3) is 6.91. The molecule has 0 saturated carbocycles. The number of morpholine rings is 1. The standard InChI is InChI=1S/C29H36FN5O5/c1-20-26(35(23-6-4-3-5-7-23)33-29(20)39-19-25-17-31-10-12-38-25)16-24(36)14-22-18-34(11-13-37-2)40-28(22)21-8-9-32-27(30)15-21/h3-9,15,22,25,28,31H,10-14,16-19H2,1-2H3/t22-,25?,28+/m1/s1. The van der Waals surface area contributed by atoms with E-state index in [0.29, 0.717) is 44.4 Å². The fourth-order valence-corrected chi connectivity index (χ4v) is 5.17. The minimum atomic E-state index is -0.578. The zero-order chi connectivity index (χ0) is 27.9. The predicted molar refractivity (Wildman–Crippen MR) is 145 cm³/mol. The van der Waals surface area contributed by atoms with Crippen molar-refractivity contribution in [2.75, 3.05) is 53.1 Å². The van der Waals surface area contributed by atoms with Crippen LogP contribution in [0.1, 0.15) is 29.3 Å². The van der Waals surface area contributed by atoms with Crippen molar-refractivity contribution in [3.63, 3.8) is 0 Å². The Morgan fingerprint density at radius 2 is 2.10 bits per heavy atom. The number of methoxy groups -OCH3 is 1. The van der Waals surface area contributed by atoms with Crippen LogP contribution in [0.15, 0.2) is 48.7 Å². The van der Waals surface area contributed by atoms with Crippen molar-refractivity contribution < 1.29 is 28.2 Å². The number of carbonyl (C=O) groups is 1. The molecule has 1 aromatic carbocycles. The molecule has 0 spiro atoms. The molecule has 2 aliphatic heterocycles. The van der Waals surface area contributed by atoms with Crippen LogP contribution in [0, 0.1) is 18.8 Å². The second-order valence-electron chi connectivity index (χ2n) is 10.1. The summed E-state index contributed by atoms with van der Waals surface area (Å²) in [6.07, 6.45) is 1.34. The highest BCUT2D eigenvalue weighted by Crippen LogP contribution is 2.37. The zero-order valence-corrected chi connectivity index (χ0v) is 22.9. The van der Waals surface area contributed by atoms with Crippen molar-refractivity contribution in [1.82, 2.24) is 25.1 Å². The van der Waals surface area contributed by atoms with Gasteiger partial charge in [-0.3, -0.25) is 9.63 Å². The van der Waals surface area contributed by atoms with E-state index < -0.39 is 12.1 Å². The van der Waals surface area contributed by atoms with E-state index in [0.717, 1.165) is 30.0 Å². The van der Waals surface area contributed by atoms with E-state index in [1.165, 1.54) is 12.3 Å². The fourth-order valence-electron chi connectivity index (χ4n) is 5.17. The Balaban J connectivity index is 1.34. The maximum Gasteiger partial charge on any atom is 0.236 e. The Morgan fingerprint density at radius 1 is 1.25 bits per heavy atom. The van der Waals surface area contributed by atoms with Crippen LogP contribution < -0.4 is 10.1 Å². The van der Waals surface area contributed by atoms with Gasteiger partial charge < -0.3 is 19.5 Å². The lowest BCUT2D eigenvalue weighted by atomic mass is 9.91. The van der Waals surface area contributed by atoms with Gasteiger partial charge in [0.1, 0.15) is 24.6 Å². The van der Waals surface area contributed by atoms with Crippen LogP contribution in [0.4, 0.5) is 4.39 Å². The molecular weight excluding hydrogens is 517 g/mol. The lowest BCUT2D eigenvalue weighted by molar-refractivity contribution is -0.155. The highest BCUT2D eigenvalue weighted by atomic mass is 19.1. The second kappa shape index (κ2) is 13.4. The second-order valence-corrected chi connectivity index (χ2v) is 10.1. The third-order valence-corrected chi connectivity index (χ3v) is 7.22. The van der Waals surface area contributed by atoms with Gasteiger partial charge >= 0.3 is 0 Å². The summed E-state index contributed by atoms with van der Waals surface area (Å²) in [7, 11) is 1.63. The largest absolute Gasteiger partial charge is 0.474 e. The molecule has 3 atom stereocenters. The Morgan fingerprint density at radius 3 is 2.85 bits per heavy atom. The van der Waals surface area contributed by atoms with Crippen LogP contribution in [0.5, 0.6) is 5.88 Å². The summed E-state index contributed by atoms with van der Waals surface area (Å²) in [6, 6.07) is 12.8. The number of halogens is 1. The lowest BCUT2D eigenvalue weighted by Crippen LogP contribution is -2.41. The number of carbonyl (C=O) groups excluding carboxylic acids is 1. The van der Waals surface area contributed by atoms with Gasteiger partial charge in [0.25, 0.3) is 0 Å². The van der Waals surface area contributed by atoms with Crippen LogP contribution in [-0.2, 0) is 25.5 Å². The normalized spacial score (nSPS) is 21.5. The Kier molecular flexibility index (Phi) is 9.50. The molecule has 4 heterocycles. The van der Waals surface area contributed by atoms with E-state index in [9.17, 15) is 9.18 Å². The number of hydrogen-bond acceptors (Lipinski definition) is 9. The Labute approximate surface area is 233 Å². The summed E-state index contributed by atoms with van der Waals surface area (Å²) in [6.45, 7) is 6.06. The van der Waals surface area contributed by atoms with Gasteiger partial charge in [0.15, 0.2) is 0 Å². The van der Waals surface area contributed by atoms with Crippen molar-refractivity contribution in [2.45, 2.75) is 32.0 Å². The zero-order valence-electron chi connectivity index (χ0n) is 22.9. The molecule has 0 radical (unpaired) electrons. The number of ketones is 1. The van der Waals surface area contributed by atoms with Crippen LogP contribution in [0.25, 0.3) is 5.69 Å². The summed E-state index contributed by atoms with van der Waals surface area (Å²) in [4.78, 5) is 23.4. The smallest absolute Gasteiger partial charge is 0.236 e. The van der Waals surface area contributed by atoms with Crippen molar-refractivity contribution in [1.29, 1.82) is 0 Å². The summed E-state index contributed by atoms with van der Waals surface area (Å²) >= 11 is 0. The van der Waals surface area contributed by atoms with E-state index in [1.807, 2.05) is 37.3 Å². The van der Waals surface area contributed by atoms with E-state index in [2.05, 4.69) is 10.3 Å². The first-order chi connectivity index (χ1) is 19.5. The molecule has 2 aliphatic rings. The molecule has 5 rings (SSSR count). The average molecular weight is 554 g/mol. The molecule has 1 unspecified atom stereocenters. The molecule has 40 heavy (non-hydrogen) atoms. The van der Waals surface area contributed by atoms with Gasteiger partial charge in [-0.05, 0) is 36.8 Å². The first-order valence-corrected chi connectivity index (χ1v) is 13.6. The van der Waals surface area contributed by atoms with Gasteiger partial charge in [-0.1, -0.05) is 18.2 Å². The molecule has 0 aliphatic carbocycles. The maximum atomic E-state index is 13.9. The highest BCUT2D eigenvalue weighted by molar-refractivity contribution is 5.81. The summed E-state index contributed by atoms with van der Waals surface area (Å²) < 4.78 is 32.8. The SMILES string of the molecule is COCCN1C[C@@H](CC(=O)Cc2c(C)c(OCC3CNCCO3)nn2-c2ccccc2)[C@H](c2ccnc(F)c2)O1. The van der Waals surface area contributed by atoms with Gasteiger partial charge in [-0.2, -0.15) is 9.45 Å². The van der Waals surface area contributed by atoms with Gasteiger partial charge in [0.05, 0.1) is 24.6 Å². The molecule has 214 valence electrons. The topological polar surface area (TPSA) is 100.0 Å². The number of para-hydroxylation sites is 1. The van der Waals surface area contributed by atoms with Crippen molar-refractivity contribution >= 4 is 5.78 Å². The fraction of sp³-hybridized carbons (Fsp3) is 0.483. The molecule has 2 aromatic heterocycles. The number of ether oxygens (including phenoxy) is 3. The number of nitrogens with one attached hydrogen (secondary N) is 1. The molecule has 2 fully saturated rings. The maximum absolute atomic E-state index is 13.9. The van der Waals surface area contributed by atoms with Gasteiger partial charge in [-0.15, -0.1) is 5.10 Å². The monoisotopic (exact) mass is 553 g/mol. The van der Waals surface area contributed by atoms with Crippen molar-refractivity contribution in [2.24, 2.45) is 5.92 Å². The molecule has 0 amide bonds. The number of hydroxylamine groups is 2. The van der Waals surface area contributed by atoms with Gasteiger partial charge in [0.2, 0.25) is 11.8 Å². The summed E-state index contributed by atoms with van der Waals surface area (Å²) in [5.41, 5.74) is 3.10. The number of aromatic nitrogens is 3. The van der Waals surface area contributed by atoms with Crippen LogP contribution in [0.3, 0.4) is 0 Å². The highest BCUT2D eigenvalue weighted by Gasteiger charge is 2.37. The van der Waals surface area contributed by atoms with E-state index in [1.54, 1.807) is 22.9 Å². The summed E-state index contributed by atoms with van der Waals surface area (Å²) in [5.74, 6) is -0.216. The molecule has 10 nitrogen and oxygen atoms in total. The van der Waals surface area contributed by atoms with E-state index in [4.69, 9.17) is 24.1 Å². The molecule has 11 heteroatoms. The van der Waals surface area contributed by atoms with Gasteiger partial charge in [0, 0.05) is 63.8 Å². The number of Topliss-reactive ketones (excluding diaryl/α,β-unsaturated/α-hetero) is 1. The lowest BCUT2D eigenvalue weighted by Gasteiger charge is -2.23. The van der Waals surface area contributed by atoms with E-state index in [-0.39, 0.29) is 30.6 Å². The first-order valence-electron chi connectivity index (χ1n) is 13.6. The van der Waals surface area contributed by atoms with Gasteiger partial charge in [-0.25, -0.2) is 9.67 Å². The minimum Gasteiger partial charge on any atom is -0.474 e. The molecule has 0 bridgehead atoms. The average Bonchev–Trinajstić information content (AvgIpc) is 3.52. The van der Waals surface area contributed by atoms with Crippen molar-refractivity contribution in [3.8, 4) is 11.6 Å². The minimum absolute atomic E-state index is 0.0354. The molecular formula is C29H36FN5O5. The molecule has 2 saturated heterocycles.